The quantitative estimate of drug-likeness (QED) is 0.482. The molecule has 0 saturated heterocycles. The van der Waals surface area contributed by atoms with Crippen molar-refractivity contribution in [3.63, 3.8) is 0 Å². The molecule has 2 heteroatoms. The highest BCUT2D eigenvalue weighted by Crippen LogP contribution is 2.22. The van der Waals surface area contributed by atoms with Crippen LogP contribution in [0.5, 0.6) is 0 Å². The maximum Gasteiger partial charge on any atom is 0.179 e. The zero-order chi connectivity index (χ0) is 8.69. The minimum atomic E-state index is -1.45. The molecule has 66 valence electrons. The minimum Gasteiger partial charge on any atom is -0.434 e. The van der Waals surface area contributed by atoms with Crippen molar-refractivity contribution in [2.45, 2.75) is 44.7 Å². The molecule has 0 saturated carbocycles. The van der Waals surface area contributed by atoms with Crippen molar-refractivity contribution in [3.8, 4) is 0 Å². The number of rotatable bonds is 6. The predicted octanol–water partition coefficient (Wildman–Crippen LogP) is 2.47. The average Bonchev–Trinajstić information content (AvgIpc) is 2.00. The largest absolute Gasteiger partial charge is 0.434 e. The van der Waals surface area contributed by atoms with Crippen molar-refractivity contribution in [2.75, 3.05) is 0 Å². The first kappa shape index (κ1) is 10.9. The zero-order valence-electron chi connectivity index (χ0n) is 7.71. The van der Waals surface area contributed by atoms with Gasteiger partial charge in [-0.15, -0.1) is 6.58 Å². The number of allylic oxidation sites excluding steroid dienone is 1. The summed E-state index contributed by atoms with van der Waals surface area (Å²) in [6.45, 7) is 8.00. The molecule has 0 rings (SSSR count). The summed E-state index contributed by atoms with van der Waals surface area (Å²) in [5.74, 6) is 0. The molecule has 0 radical (unpaired) electrons. The van der Waals surface area contributed by atoms with Crippen LogP contribution >= 0.6 is 0 Å². The van der Waals surface area contributed by atoms with E-state index in [1.807, 2.05) is 6.08 Å². The Bertz CT molecular complexity index is 104. The van der Waals surface area contributed by atoms with Gasteiger partial charge in [0.1, 0.15) is 0 Å². The molecule has 0 amide bonds. The first-order chi connectivity index (χ1) is 5.26. The monoisotopic (exact) mass is 172 g/mol. The van der Waals surface area contributed by atoms with Gasteiger partial charge < -0.3 is 4.80 Å². The van der Waals surface area contributed by atoms with Crippen LogP contribution in [-0.4, -0.2) is 13.8 Å². The van der Waals surface area contributed by atoms with Crippen LogP contribution in [0.15, 0.2) is 12.7 Å². The van der Waals surface area contributed by atoms with E-state index in [9.17, 15) is 4.80 Å². The van der Waals surface area contributed by atoms with E-state index in [-0.39, 0.29) is 0 Å². The fraction of sp³-hybridized carbons (Fsp3) is 0.778. The highest BCUT2D eigenvalue weighted by Gasteiger charge is 2.16. The van der Waals surface area contributed by atoms with Crippen molar-refractivity contribution >= 4 is 9.04 Å². The molecule has 0 aromatic heterocycles. The molecule has 0 fully saturated rings. The predicted molar refractivity (Wildman–Crippen MR) is 53.3 cm³/mol. The van der Waals surface area contributed by atoms with E-state index in [1.54, 1.807) is 0 Å². The fourth-order valence-corrected chi connectivity index (χ4v) is 3.39. The van der Waals surface area contributed by atoms with Gasteiger partial charge >= 0.3 is 0 Å². The molecule has 2 atom stereocenters. The van der Waals surface area contributed by atoms with Crippen LogP contribution in [0.2, 0.25) is 11.6 Å². The van der Waals surface area contributed by atoms with Crippen LogP contribution < -0.4 is 0 Å². The molecule has 0 aliphatic carbocycles. The lowest BCUT2D eigenvalue weighted by Gasteiger charge is -2.17. The number of hydrogen-bond acceptors (Lipinski definition) is 1. The summed E-state index contributed by atoms with van der Waals surface area (Å²) in [6.07, 6.45) is 5.38. The van der Waals surface area contributed by atoms with Gasteiger partial charge in [-0.25, -0.2) is 0 Å². The van der Waals surface area contributed by atoms with Gasteiger partial charge in [0.25, 0.3) is 0 Å². The van der Waals surface area contributed by atoms with E-state index in [2.05, 4.69) is 20.4 Å². The first-order valence-corrected chi connectivity index (χ1v) is 6.55. The molecular formula is C9H20OSi. The maximum atomic E-state index is 9.71. The van der Waals surface area contributed by atoms with Crippen LogP contribution in [0.4, 0.5) is 0 Å². The second kappa shape index (κ2) is 6.62. The number of hydrogen-bond donors (Lipinski definition) is 1. The van der Waals surface area contributed by atoms with Gasteiger partial charge in [0.15, 0.2) is 9.04 Å². The third kappa shape index (κ3) is 4.38. The van der Waals surface area contributed by atoms with Crippen LogP contribution in [0.3, 0.4) is 0 Å². The van der Waals surface area contributed by atoms with E-state index >= 15 is 0 Å². The molecule has 0 bridgehead atoms. The molecule has 1 N–H and O–H groups in total. The Morgan fingerprint density at radius 1 is 1.55 bits per heavy atom. The summed E-state index contributed by atoms with van der Waals surface area (Å²) in [6, 6.07) is 0.874. The molecule has 0 aromatic carbocycles. The molecule has 1 nitrogen and oxygen atoms in total. The Morgan fingerprint density at radius 2 is 2.18 bits per heavy atom. The smallest absolute Gasteiger partial charge is 0.179 e. The Morgan fingerprint density at radius 3 is 2.55 bits per heavy atom. The molecule has 0 heterocycles. The van der Waals surface area contributed by atoms with Gasteiger partial charge in [-0.1, -0.05) is 39.2 Å². The van der Waals surface area contributed by atoms with Crippen molar-refractivity contribution in [1.82, 2.24) is 0 Å². The van der Waals surface area contributed by atoms with Gasteiger partial charge in [0, 0.05) is 0 Å². The topological polar surface area (TPSA) is 20.2 Å². The average molecular weight is 172 g/mol. The van der Waals surface area contributed by atoms with Crippen molar-refractivity contribution in [1.29, 1.82) is 0 Å². The van der Waals surface area contributed by atoms with E-state index in [0.717, 1.165) is 12.5 Å². The lowest BCUT2D eigenvalue weighted by Crippen LogP contribution is -2.18. The van der Waals surface area contributed by atoms with E-state index < -0.39 is 9.04 Å². The highest BCUT2D eigenvalue weighted by molar-refractivity contribution is 6.52. The van der Waals surface area contributed by atoms with Crippen LogP contribution in [0, 0.1) is 0 Å². The summed E-state index contributed by atoms with van der Waals surface area (Å²) >= 11 is 0. The van der Waals surface area contributed by atoms with Crippen LogP contribution in [-0.2, 0) is 0 Å². The maximum absolute atomic E-state index is 9.71. The Balaban J connectivity index is 3.70. The summed E-state index contributed by atoms with van der Waals surface area (Å²) in [7, 11) is -1.45. The molecule has 2 unspecified atom stereocenters. The first-order valence-electron chi connectivity index (χ1n) is 4.55. The summed E-state index contributed by atoms with van der Waals surface area (Å²) < 4.78 is 0. The molecule has 0 spiro atoms. The normalized spacial score (nSPS) is 15.9. The van der Waals surface area contributed by atoms with Crippen LogP contribution in [0.1, 0.15) is 33.1 Å². The highest BCUT2D eigenvalue weighted by atomic mass is 28.3. The van der Waals surface area contributed by atoms with Crippen LogP contribution in [0.25, 0.3) is 0 Å². The van der Waals surface area contributed by atoms with Gasteiger partial charge in [-0.3, -0.25) is 0 Å². The molecule has 0 aliphatic rings. The second-order valence-electron chi connectivity index (χ2n) is 3.05. The molecular weight excluding hydrogens is 152 g/mol. The lowest BCUT2D eigenvalue weighted by atomic mass is 10.2. The van der Waals surface area contributed by atoms with E-state index in [4.69, 9.17) is 0 Å². The molecule has 11 heavy (non-hydrogen) atoms. The lowest BCUT2D eigenvalue weighted by molar-refractivity contribution is 0.522. The van der Waals surface area contributed by atoms with Gasteiger partial charge in [-0.2, -0.15) is 0 Å². The Hall–Kier alpha value is -0.0831. The minimum absolute atomic E-state index is 0.609. The van der Waals surface area contributed by atoms with Gasteiger partial charge in [0.2, 0.25) is 0 Å². The summed E-state index contributed by atoms with van der Waals surface area (Å²) in [5.41, 5.74) is 0.609. The van der Waals surface area contributed by atoms with E-state index in [0.29, 0.717) is 5.54 Å². The molecule has 0 aromatic rings. The van der Waals surface area contributed by atoms with Crippen molar-refractivity contribution in [2.24, 2.45) is 0 Å². The fourth-order valence-electron chi connectivity index (χ4n) is 1.40. The van der Waals surface area contributed by atoms with Crippen molar-refractivity contribution in [3.05, 3.63) is 12.7 Å². The summed E-state index contributed by atoms with van der Waals surface area (Å²) in [5, 5.41) is 0. The van der Waals surface area contributed by atoms with E-state index in [1.165, 1.54) is 12.8 Å². The molecule has 0 aliphatic heterocycles. The Kier molecular flexibility index (Phi) is 6.57. The zero-order valence-corrected chi connectivity index (χ0v) is 8.87. The van der Waals surface area contributed by atoms with Gasteiger partial charge in [0.05, 0.1) is 0 Å². The Labute approximate surface area is 71.9 Å². The standard InChI is InChI=1S/C9H20OSi/c1-4-7-9(6-3)11(10)8-5-2/h5,9-11H,2,4,6-8H2,1,3H3. The summed E-state index contributed by atoms with van der Waals surface area (Å²) in [4.78, 5) is 9.71. The third-order valence-electron chi connectivity index (χ3n) is 2.14. The SMILES string of the molecule is C=CC[SiH](O)C(CC)CCC. The van der Waals surface area contributed by atoms with Gasteiger partial charge in [-0.05, 0) is 11.6 Å². The third-order valence-corrected chi connectivity index (χ3v) is 4.85. The van der Waals surface area contributed by atoms with Crippen molar-refractivity contribution < 1.29 is 4.80 Å². The second-order valence-corrected chi connectivity index (χ2v) is 5.60.